The maximum Gasteiger partial charge on any atom is 0.410 e. The molecular formula is C14H21N3O3. The highest BCUT2D eigenvalue weighted by molar-refractivity contribution is 5.69. The molecule has 2 rings (SSSR count). The van der Waals surface area contributed by atoms with Crippen LogP contribution in [0.1, 0.15) is 32.4 Å². The van der Waals surface area contributed by atoms with Gasteiger partial charge >= 0.3 is 6.09 Å². The fourth-order valence-corrected chi connectivity index (χ4v) is 2.08. The number of hydrogen-bond acceptors (Lipinski definition) is 5. The minimum absolute atomic E-state index is 0.213. The monoisotopic (exact) mass is 279 g/mol. The lowest BCUT2D eigenvalue weighted by Gasteiger charge is -2.36. The zero-order chi connectivity index (χ0) is 14.8. The van der Waals surface area contributed by atoms with Crippen LogP contribution in [0.3, 0.4) is 0 Å². The number of amides is 1. The summed E-state index contributed by atoms with van der Waals surface area (Å²) in [6, 6.07) is 1.60. The molecule has 0 radical (unpaired) electrons. The van der Waals surface area contributed by atoms with Crippen LogP contribution in [0.4, 0.5) is 10.5 Å². The summed E-state index contributed by atoms with van der Waals surface area (Å²) in [5.74, 6) is 0. The van der Waals surface area contributed by atoms with E-state index < -0.39 is 5.60 Å². The number of aromatic nitrogens is 1. The molecule has 1 aromatic rings. The topological polar surface area (TPSA) is 77.7 Å². The van der Waals surface area contributed by atoms with E-state index >= 15 is 0 Å². The smallest absolute Gasteiger partial charge is 0.410 e. The van der Waals surface area contributed by atoms with E-state index in [0.29, 0.717) is 25.4 Å². The largest absolute Gasteiger partial charge is 0.444 e. The van der Waals surface area contributed by atoms with Crippen molar-refractivity contribution in [3.05, 3.63) is 24.0 Å². The molecule has 0 aromatic carbocycles. The van der Waals surface area contributed by atoms with E-state index in [1.54, 1.807) is 17.3 Å². The van der Waals surface area contributed by atoms with Crippen molar-refractivity contribution in [2.24, 2.45) is 0 Å². The van der Waals surface area contributed by atoms with Gasteiger partial charge in [-0.15, -0.1) is 0 Å². The molecule has 2 N–H and O–H groups in total. The van der Waals surface area contributed by atoms with Crippen LogP contribution in [0.15, 0.2) is 18.5 Å². The van der Waals surface area contributed by atoms with E-state index in [4.69, 9.17) is 15.2 Å². The Kier molecular flexibility index (Phi) is 4.13. The summed E-state index contributed by atoms with van der Waals surface area (Å²) in [7, 11) is 0. The Morgan fingerprint density at radius 2 is 2.25 bits per heavy atom. The second kappa shape index (κ2) is 5.66. The van der Waals surface area contributed by atoms with E-state index in [0.717, 1.165) is 5.56 Å². The lowest BCUT2D eigenvalue weighted by molar-refractivity contribution is -0.0331. The predicted molar refractivity (Wildman–Crippen MR) is 75.1 cm³/mol. The predicted octanol–water partition coefficient (Wildman–Crippen LogP) is 1.97. The Labute approximate surface area is 118 Å². The highest BCUT2D eigenvalue weighted by Gasteiger charge is 2.32. The van der Waals surface area contributed by atoms with Crippen LogP contribution in [-0.4, -0.2) is 41.3 Å². The van der Waals surface area contributed by atoms with Gasteiger partial charge in [0.1, 0.15) is 5.60 Å². The molecule has 1 unspecified atom stereocenters. The van der Waals surface area contributed by atoms with E-state index in [9.17, 15) is 4.79 Å². The van der Waals surface area contributed by atoms with Crippen LogP contribution in [0.5, 0.6) is 0 Å². The summed E-state index contributed by atoms with van der Waals surface area (Å²) in [4.78, 5) is 18.0. The quantitative estimate of drug-likeness (QED) is 0.850. The molecule has 0 spiro atoms. The maximum absolute atomic E-state index is 12.3. The zero-order valence-corrected chi connectivity index (χ0v) is 12.1. The number of nitrogens with zero attached hydrogens (tertiary/aromatic N) is 2. The van der Waals surface area contributed by atoms with Gasteiger partial charge in [-0.2, -0.15) is 0 Å². The standard InChI is InChI=1S/C14H21N3O3/c1-14(2,3)20-13(18)17-4-5-19-9-12(17)10-6-11(15)8-16-7-10/h6-8,12H,4-5,9,15H2,1-3H3. The van der Waals surface area contributed by atoms with Crippen molar-refractivity contribution in [3.63, 3.8) is 0 Å². The van der Waals surface area contributed by atoms with Gasteiger partial charge in [0, 0.05) is 18.9 Å². The van der Waals surface area contributed by atoms with Crippen molar-refractivity contribution in [2.45, 2.75) is 32.4 Å². The van der Waals surface area contributed by atoms with Gasteiger partial charge in [0.2, 0.25) is 0 Å². The molecule has 20 heavy (non-hydrogen) atoms. The normalized spacial score (nSPS) is 19.8. The number of ether oxygens (including phenoxy) is 2. The molecule has 6 heteroatoms. The first-order chi connectivity index (χ1) is 9.37. The minimum atomic E-state index is -0.520. The van der Waals surface area contributed by atoms with E-state index in [2.05, 4.69) is 4.98 Å². The lowest BCUT2D eigenvalue weighted by atomic mass is 10.1. The van der Waals surface area contributed by atoms with Crippen molar-refractivity contribution in [2.75, 3.05) is 25.5 Å². The molecule has 0 aliphatic carbocycles. The molecule has 0 saturated carbocycles. The SMILES string of the molecule is CC(C)(C)OC(=O)N1CCOCC1c1cncc(N)c1. The number of pyridine rings is 1. The van der Waals surface area contributed by atoms with Crippen LogP contribution < -0.4 is 5.73 Å². The van der Waals surface area contributed by atoms with Gasteiger partial charge in [0.25, 0.3) is 0 Å². The van der Waals surface area contributed by atoms with E-state index in [-0.39, 0.29) is 12.1 Å². The van der Waals surface area contributed by atoms with Crippen LogP contribution in [0.2, 0.25) is 0 Å². The van der Waals surface area contributed by atoms with Gasteiger partial charge in [0.05, 0.1) is 24.9 Å². The fourth-order valence-electron chi connectivity index (χ4n) is 2.08. The van der Waals surface area contributed by atoms with Crippen LogP contribution in [0.25, 0.3) is 0 Å². The third kappa shape index (κ3) is 3.60. The van der Waals surface area contributed by atoms with Crippen molar-refractivity contribution >= 4 is 11.8 Å². The minimum Gasteiger partial charge on any atom is -0.444 e. The molecular weight excluding hydrogens is 258 g/mol. The second-order valence-corrected chi connectivity index (χ2v) is 5.82. The molecule has 1 amide bonds. The van der Waals surface area contributed by atoms with Crippen LogP contribution in [0, 0.1) is 0 Å². The van der Waals surface area contributed by atoms with Crippen molar-refractivity contribution in [1.29, 1.82) is 0 Å². The maximum atomic E-state index is 12.3. The van der Waals surface area contributed by atoms with Gasteiger partial charge in [-0.1, -0.05) is 0 Å². The molecule has 1 saturated heterocycles. The number of anilines is 1. The number of rotatable bonds is 1. The van der Waals surface area contributed by atoms with Crippen LogP contribution in [-0.2, 0) is 9.47 Å². The summed E-state index contributed by atoms with van der Waals surface area (Å²) in [6.07, 6.45) is 2.94. The highest BCUT2D eigenvalue weighted by Crippen LogP contribution is 2.26. The average Bonchev–Trinajstić information content (AvgIpc) is 2.37. The number of hydrogen-bond donors (Lipinski definition) is 1. The molecule has 1 fully saturated rings. The molecule has 110 valence electrons. The molecule has 1 aliphatic rings. The second-order valence-electron chi connectivity index (χ2n) is 5.82. The summed E-state index contributed by atoms with van der Waals surface area (Å²) in [5.41, 5.74) is 6.65. The summed E-state index contributed by atoms with van der Waals surface area (Å²) in [5, 5.41) is 0. The highest BCUT2D eigenvalue weighted by atomic mass is 16.6. The number of carbonyl (C=O) groups is 1. The van der Waals surface area contributed by atoms with Gasteiger partial charge < -0.3 is 15.2 Å². The Balaban J connectivity index is 2.19. The summed E-state index contributed by atoms with van der Waals surface area (Å²) < 4.78 is 10.9. The van der Waals surface area contributed by atoms with Gasteiger partial charge in [-0.3, -0.25) is 9.88 Å². The lowest BCUT2D eigenvalue weighted by Crippen LogP contribution is -2.45. The number of nitrogen functional groups attached to an aromatic ring is 1. The molecule has 2 heterocycles. The third-order valence-electron chi connectivity index (χ3n) is 2.92. The molecule has 6 nitrogen and oxygen atoms in total. The van der Waals surface area contributed by atoms with Crippen molar-refractivity contribution in [1.82, 2.24) is 9.88 Å². The number of morpholine rings is 1. The van der Waals surface area contributed by atoms with Crippen molar-refractivity contribution in [3.8, 4) is 0 Å². The molecule has 1 atom stereocenters. The van der Waals surface area contributed by atoms with Crippen LogP contribution >= 0.6 is 0 Å². The first-order valence-electron chi connectivity index (χ1n) is 6.64. The average molecular weight is 279 g/mol. The fraction of sp³-hybridized carbons (Fsp3) is 0.571. The van der Waals surface area contributed by atoms with E-state index in [1.807, 2.05) is 26.8 Å². The Morgan fingerprint density at radius 3 is 2.90 bits per heavy atom. The first-order valence-corrected chi connectivity index (χ1v) is 6.64. The molecule has 0 bridgehead atoms. The summed E-state index contributed by atoms with van der Waals surface area (Å²) >= 11 is 0. The zero-order valence-electron chi connectivity index (χ0n) is 12.1. The molecule has 1 aliphatic heterocycles. The Morgan fingerprint density at radius 1 is 1.50 bits per heavy atom. The van der Waals surface area contributed by atoms with Crippen molar-refractivity contribution < 1.29 is 14.3 Å². The number of nitrogens with two attached hydrogens (primary N) is 1. The van der Waals surface area contributed by atoms with Gasteiger partial charge in [0.15, 0.2) is 0 Å². The molecule has 1 aromatic heterocycles. The Hall–Kier alpha value is -1.82. The summed E-state index contributed by atoms with van der Waals surface area (Å²) in [6.45, 7) is 6.97. The first kappa shape index (κ1) is 14.6. The third-order valence-corrected chi connectivity index (χ3v) is 2.92. The van der Waals surface area contributed by atoms with Gasteiger partial charge in [-0.05, 0) is 32.4 Å². The van der Waals surface area contributed by atoms with Gasteiger partial charge in [-0.25, -0.2) is 4.79 Å². The van der Waals surface area contributed by atoms with E-state index in [1.165, 1.54) is 0 Å². The Bertz CT molecular complexity index is 485. The number of carbonyl (C=O) groups excluding carboxylic acids is 1.